The number of pyridine rings is 1. The Labute approximate surface area is 130 Å². The third kappa shape index (κ3) is 3.71. The summed E-state index contributed by atoms with van der Waals surface area (Å²) in [7, 11) is 2.09. The molecule has 4 nitrogen and oxygen atoms in total. The second-order valence-electron chi connectivity index (χ2n) is 5.32. The van der Waals surface area contributed by atoms with Crippen LogP contribution in [-0.2, 0) is 4.74 Å². The molecule has 1 saturated heterocycles. The predicted molar refractivity (Wildman–Crippen MR) is 84.9 cm³/mol. The number of aromatic nitrogens is 1. The molecule has 1 aliphatic rings. The van der Waals surface area contributed by atoms with Gasteiger partial charge in [-0.2, -0.15) is 0 Å². The van der Waals surface area contributed by atoms with Gasteiger partial charge < -0.3 is 9.64 Å². The number of halogens is 1. The number of hydrogen-bond acceptors (Lipinski definition) is 4. The first kappa shape index (κ1) is 15.7. The number of rotatable bonds is 2. The van der Waals surface area contributed by atoms with Crippen molar-refractivity contribution in [2.75, 3.05) is 20.1 Å². The number of carbonyl (C=O) groups is 1. The summed E-state index contributed by atoms with van der Waals surface area (Å²) in [5.74, 6) is -0.231. The summed E-state index contributed by atoms with van der Waals surface area (Å²) < 4.78 is 5.59. The lowest BCUT2D eigenvalue weighted by Crippen LogP contribution is -2.35. The minimum Gasteiger partial charge on any atom is -0.459 e. The van der Waals surface area contributed by atoms with Gasteiger partial charge in [0.1, 0.15) is 6.10 Å². The molecular weight excluding hydrogens is 288 g/mol. The Kier molecular flexibility index (Phi) is 5.15. The molecule has 0 aliphatic carbocycles. The van der Waals surface area contributed by atoms with Crippen LogP contribution in [-0.4, -0.2) is 42.1 Å². The topological polar surface area (TPSA) is 42.4 Å². The Balaban J connectivity index is 0.00000161. The Morgan fingerprint density at radius 1 is 1.29 bits per heavy atom. The third-order valence-electron chi connectivity index (χ3n) is 3.78. The number of hydrogen-bond donors (Lipinski definition) is 0. The molecule has 1 aromatic carbocycles. The van der Waals surface area contributed by atoms with E-state index in [1.54, 1.807) is 12.3 Å². The number of carbonyl (C=O) groups excluding carboxylic acids is 1. The average Bonchev–Trinajstić information content (AvgIpc) is 2.49. The smallest absolute Gasteiger partial charge is 0.338 e. The Morgan fingerprint density at radius 2 is 2.05 bits per heavy atom. The maximum absolute atomic E-state index is 12.2. The quantitative estimate of drug-likeness (QED) is 0.800. The highest BCUT2D eigenvalue weighted by atomic mass is 35.5. The van der Waals surface area contributed by atoms with Crippen LogP contribution >= 0.6 is 12.4 Å². The lowest BCUT2D eigenvalue weighted by Gasteiger charge is -2.28. The molecule has 2 aromatic rings. The van der Waals surface area contributed by atoms with Crippen LogP contribution in [0.25, 0.3) is 10.9 Å². The summed E-state index contributed by atoms with van der Waals surface area (Å²) in [5.41, 5.74) is 1.49. The molecule has 1 fully saturated rings. The summed E-state index contributed by atoms with van der Waals surface area (Å²) in [4.78, 5) is 18.7. The highest BCUT2D eigenvalue weighted by Gasteiger charge is 2.21. The van der Waals surface area contributed by atoms with Crippen molar-refractivity contribution in [3.05, 3.63) is 42.1 Å². The van der Waals surface area contributed by atoms with Crippen molar-refractivity contribution in [2.24, 2.45) is 0 Å². The Hall–Kier alpha value is -1.65. The van der Waals surface area contributed by atoms with Gasteiger partial charge in [0.2, 0.25) is 0 Å². The second-order valence-corrected chi connectivity index (χ2v) is 5.32. The molecule has 0 radical (unpaired) electrons. The molecule has 112 valence electrons. The number of esters is 1. The Bertz CT molecular complexity index is 624. The number of ether oxygens (including phenoxy) is 1. The molecule has 21 heavy (non-hydrogen) atoms. The summed E-state index contributed by atoms with van der Waals surface area (Å²) >= 11 is 0. The first-order chi connectivity index (χ1) is 9.72. The molecule has 0 unspecified atom stereocenters. The van der Waals surface area contributed by atoms with Crippen LogP contribution in [0.3, 0.4) is 0 Å². The predicted octanol–water partition coefficient (Wildman–Crippen LogP) is 2.91. The average molecular weight is 307 g/mol. The zero-order valence-corrected chi connectivity index (χ0v) is 12.8. The zero-order valence-electron chi connectivity index (χ0n) is 12.0. The van der Waals surface area contributed by atoms with Gasteiger partial charge >= 0.3 is 5.97 Å². The van der Waals surface area contributed by atoms with E-state index in [9.17, 15) is 4.79 Å². The van der Waals surface area contributed by atoms with Crippen LogP contribution in [0.2, 0.25) is 0 Å². The van der Waals surface area contributed by atoms with Gasteiger partial charge in [-0.1, -0.05) is 6.07 Å². The van der Waals surface area contributed by atoms with E-state index < -0.39 is 0 Å². The molecule has 0 spiro atoms. The summed E-state index contributed by atoms with van der Waals surface area (Å²) in [6.07, 6.45) is 3.62. The van der Waals surface area contributed by atoms with Crippen molar-refractivity contribution in [3.63, 3.8) is 0 Å². The fourth-order valence-corrected chi connectivity index (χ4v) is 2.52. The second kappa shape index (κ2) is 6.87. The van der Waals surface area contributed by atoms with Crippen molar-refractivity contribution in [2.45, 2.75) is 18.9 Å². The minimum atomic E-state index is -0.231. The van der Waals surface area contributed by atoms with Crippen molar-refractivity contribution in [1.29, 1.82) is 0 Å². The molecule has 5 heteroatoms. The van der Waals surface area contributed by atoms with Crippen LogP contribution in [0.4, 0.5) is 0 Å². The number of likely N-dealkylation sites (tertiary alicyclic amines) is 1. The summed E-state index contributed by atoms with van der Waals surface area (Å²) in [6, 6.07) is 9.32. The van der Waals surface area contributed by atoms with Crippen LogP contribution in [0, 0.1) is 0 Å². The van der Waals surface area contributed by atoms with Gasteiger partial charge in [-0.3, -0.25) is 4.98 Å². The van der Waals surface area contributed by atoms with Crippen LogP contribution in [0.1, 0.15) is 23.2 Å². The van der Waals surface area contributed by atoms with E-state index in [1.807, 2.05) is 24.3 Å². The van der Waals surface area contributed by atoms with E-state index in [2.05, 4.69) is 16.9 Å². The third-order valence-corrected chi connectivity index (χ3v) is 3.78. The molecule has 0 atom stereocenters. The molecule has 1 aliphatic heterocycles. The molecule has 2 heterocycles. The van der Waals surface area contributed by atoms with Crippen molar-refractivity contribution in [1.82, 2.24) is 9.88 Å². The van der Waals surface area contributed by atoms with E-state index in [0.29, 0.717) is 5.56 Å². The maximum Gasteiger partial charge on any atom is 0.338 e. The van der Waals surface area contributed by atoms with Gasteiger partial charge in [-0.05, 0) is 44.2 Å². The summed E-state index contributed by atoms with van der Waals surface area (Å²) in [6.45, 7) is 1.97. The SMILES string of the molecule is CN1CCC(OC(=O)c2ccc3ncccc3c2)CC1.Cl. The first-order valence-electron chi connectivity index (χ1n) is 6.97. The standard InChI is InChI=1S/C16H18N2O2.ClH/c1-18-9-6-14(7-10-18)20-16(19)13-4-5-15-12(11-13)3-2-8-17-15;/h2-5,8,11,14H,6-7,9-10H2,1H3;1H. The van der Waals surface area contributed by atoms with Crippen molar-refractivity contribution in [3.8, 4) is 0 Å². The van der Waals surface area contributed by atoms with E-state index in [-0.39, 0.29) is 24.5 Å². The minimum absolute atomic E-state index is 0. The van der Waals surface area contributed by atoms with Crippen molar-refractivity contribution < 1.29 is 9.53 Å². The Morgan fingerprint density at radius 3 is 2.81 bits per heavy atom. The van der Waals surface area contributed by atoms with E-state index >= 15 is 0 Å². The van der Waals surface area contributed by atoms with Gasteiger partial charge in [0, 0.05) is 24.7 Å². The van der Waals surface area contributed by atoms with E-state index in [4.69, 9.17) is 4.74 Å². The lowest BCUT2D eigenvalue weighted by atomic mass is 10.1. The molecule has 0 bridgehead atoms. The molecule has 0 amide bonds. The van der Waals surface area contributed by atoms with Crippen LogP contribution in [0.15, 0.2) is 36.5 Å². The number of benzene rings is 1. The normalized spacial score (nSPS) is 16.4. The molecule has 0 saturated carbocycles. The molecule has 3 rings (SSSR count). The van der Waals surface area contributed by atoms with Gasteiger partial charge in [0.05, 0.1) is 11.1 Å². The summed E-state index contributed by atoms with van der Waals surface area (Å²) in [5, 5.41) is 0.963. The van der Waals surface area contributed by atoms with Crippen LogP contribution in [0.5, 0.6) is 0 Å². The molecule has 0 N–H and O–H groups in total. The highest BCUT2D eigenvalue weighted by Crippen LogP contribution is 2.17. The van der Waals surface area contributed by atoms with Gasteiger partial charge in [-0.25, -0.2) is 4.79 Å². The molecule has 1 aromatic heterocycles. The highest BCUT2D eigenvalue weighted by molar-refractivity contribution is 5.94. The zero-order chi connectivity index (χ0) is 13.9. The fraction of sp³-hybridized carbons (Fsp3) is 0.375. The first-order valence-corrected chi connectivity index (χ1v) is 6.97. The van der Waals surface area contributed by atoms with Gasteiger partial charge in [0.15, 0.2) is 0 Å². The number of fused-ring (bicyclic) bond motifs is 1. The molecular formula is C16H19ClN2O2. The largest absolute Gasteiger partial charge is 0.459 e. The van der Waals surface area contributed by atoms with Crippen molar-refractivity contribution >= 4 is 29.3 Å². The van der Waals surface area contributed by atoms with Crippen LogP contribution < -0.4 is 0 Å². The van der Waals surface area contributed by atoms with Gasteiger partial charge in [0.25, 0.3) is 0 Å². The fourth-order valence-electron chi connectivity index (χ4n) is 2.52. The lowest BCUT2D eigenvalue weighted by molar-refractivity contribution is 0.0139. The monoisotopic (exact) mass is 306 g/mol. The maximum atomic E-state index is 12.2. The van der Waals surface area contributed by atoms with E-state index in [0.717, 1.165) is 36.8 Å². The number of nitrogens with zero attached hydrogens (tertiary/aromatic N) is 2. The number of piperidine rings is 1. The van der Waals surface area contributed by atoms with Gasteiger partial charge in [-0.15, -0.1) is 12.4 Å². The van der Waals surface area contributed by atoms with E-state index in [1.165, 1.54) is 0 Å².